The van der Waals surface area contributed by atoms with Gasteiger partial charge in [-0.1, -0.05) is 41.4 Å². The number of sulfonamides is 1. The van der Waals surface area contributed by atoms with E-state index in [-0.39, 0.29) is 18.0 Å². The molecule has 2 amide bonds. The molecule has 2 fully saturated rings. The molecule has 2 aromatic rings. The molecule has 0 bridgehead atoms. The quantitative estimate of drug-likeness (QED) is 0.533. The standard InChI is InChI=1S/C26H35Cl2N5O3S/c1-29(2)21-8-5-19(6-9-21)16-30(3)25-18-32(17-22(25)20-7-10-23(27)24(28)15-20)26(34)31-11-13-33(14-12-31)37(4,35)36/h5-10,15,22,25H,11-14,16-18H2,1-4H3/t22-,25+/m1/s1. The third kappa shape index (κ3) is 6.52. The number of hydrogen-bond acceptors (Lipinski definition) is 5. The molecule has 0 N–H and O–H groups in total. The van der Waals surface area contributed by atoms with Crippen LogP contribution in [0.25, 0.3) is 0 Å². The number of likely N-dealkylation sites (tertiary alicyclic amines) is 1. The van der Waals surface area contributed by atoms with Crippen LogP contribution >= 0.6 is 23.2 Å². The van der Waals surface area contributed by atoms with Crippen LogP contribution in [0.1, 0.15) is 17.0 Å². The van der Waals surface area contributed by atoms with Crippen molar-refractivity contribution in [1.82, 2.24) is 19.0 Å². The highest BCUT2D eigenvalue weighted by Gasteiger charge is 2.40. The number of urea groups is 1. The predicted octanol–water partition coefficient (Wildman–Crippen LogP) is 3.66. The van der Waals surface area contributed by atoms with Crippen LogP contribution in [-0.4, -0.2) is 106 Å². The van der Waals surface area contributed by atoms with E-state index in [9.17, 15) is 13.2 Å². The Balaban J connectivity index is 1.52. The molecule has 2 heterocycles. The molecule has 0 unspecified atom stereocenters. The van der Waals surface area contributed by atoms with Gasteiger partial charge in [0, 0.05) is 77.6 Å². The molecule has 0 spiro atoms. The monoisotopic (exact) mass is 567 g/mol. The molecule has 0 saturated carbocycles. The molecule has 2 saturated heterocycles. The number of carbonyl (C=O) groups excluding carboxylic acids is 1. The number of rotatable bonds is 6. The summed E-state index contributed by atoms with van der Waals surface area (Å²) in [6.07, 6.45) is 1.21. The molecule has 2 aliphatic rings. The first-order chi connectivity index (χ1) is 17.4. The summed E-state index contributed by atoms with van der Waals surface area (Å²) >= 11 is 12.6. The van der Waals surface area contributed by atoms with Crippen LogP contribution in [0.2, 0.25) is 10.0 Å². The highest BCUT2D eigenvalue weighted by atomic mass is 35.5. The summed E-state index contributed by atoms with van der Waals surface area (Å²) in [6, 6.07) is 14.2. The highest BCUT2D eigenvalue weighted by molar-refractivity contribution is 7.88. The number of piperazine rings is 1. The summed E-state index contributed by atoms with van der Waals surface area (Å²) in [5, 5.41) is 1.01. The Hall–Kier alpha value is -2.04. The van der Waals surface area contributed by atoms with Crippen molar-refractivity contribution < 1.29 is 13.2 Å². The second-order valence-electron chi connectivity index (χ2n) is 10.2. The van der Waals surface area contributed by atoms with Crippen LogP contribution in [0.4, 0.5) is 10.5 Å². The predicted molar refractivity (Wildman–Crippen MR) is 150 cm³/mol. The van der Waals surface area contributed by atoms with E-state index >= 15 is 0 Å². The summed E-state index contributed by atoms with van der Waals surface area (Å²) < 4.78 is 25.2. The zero-order valence-electron chi connectivity index (χ0n) is 21.8. The average molecular weight is 569 g/mol. The van der Waals surface area contributed by atoms with Crippen molar-refractivity contribution in [2.45, 2.75) is 18.5 Å². The number of hydrogen-bond donors (Lipinski definition) is 0. The Bertz CT molecular complexity index is 1220. The van der Waals surface area contributed by atoms with Crippen molar-refractivity contribution in [2.24, 2.45) is 0 Å². The van der Waals surface area contributed by atoms with Crippen LogP contribution < -0.4 is 4.90 Å². The van der Waals surface area contributed by atoms with Crippen molar-refractivity contribution in [2.75, 3.05) is 71.6 Å². The van der Waals surface area contributed by atoms with Crippen LogP contribution in [0.3, 0.4) is 0 Å². The molecule has 0 aliphatic carbocycles. The van der Waals surface area contributed by atoms with Gasteiger partial charge in [0.15, 0.2) is 0 Å². The third-order valence-electron chi connectivity index (χ3n) is 7.36. The number of likely N-dealkylation sites (N-methyl/N-ethyl adjacent to an activating group) is 1. The summed E-state index contributed by atoms with van der Waals surface area (Å²) in [7, 11) is 2.88. The average Bonchev–Trinajstić information content (AvgIpc) is 3.31. The van der Waals surface area contributed by atoms with E-state index < -0.39 is 10.0 Å². The molecule has 2 aliphatic heterocycles. The number of halogens is 2. The maximum Gasteiger partial charge on any atom is 0.320 e. The Morgan fingerprint density at radius 1 is 0.919 bits per heavy atom. The van der Waals surface area contributed by atoms with Crippen LogP contribution in [0, 0.1) is 0 Å². The number of anilines is 1. The number of nitrogens with zero attached hydrogens (tertiary/aromatic N) is 5. The minimum atomic E-state index is -3.25. The number of amides is 2. The molecule has 37 heavy (non-hydrogen) atoms. The maximum absolute atomic E-state index is 13.5. The summed E-state index contributed by atoms with van der Waals surface area (Å²) in [6.45, 7) is 3.28. The number of carbonyl (C=O) groups is 1. The first-order valence-electron chi connectivity index (χ1n) is 12.3. The van der Waals surface area contributed by atoms with E-state index in [0.29, 0.717) is 49.3 Å². The first kappa shape index (κ1) is 28.0. The van der Waals surface area contributed by atoms with Gasteiger partial charge in [0.1, 0.15) is 0 Å². The molecule has 11 heteroatoms. The normalized spacial score (nSPS) is 21.1. The maximum atomic E-state index is 13.5. The lowest BCUT2D eigenvalue weighted by atomic mass is 9.93. The Morgan fingerprint density at radius 3 is 2.14 bits per heavy atom. The van der Waals surface area contributed by atoms with Crippen LogP contribution in [-0.2, 0) is 16.6 Å². The molecular formula is C26H35Cl2N5O3S. The largest absolute Gasteiger partial charge is 0.378 e. The smallest absolute Gasteiger partial charge is 0.320 e. The minimum absolute atomic E-state index is 0.0514. The van der Waals surface area contributed by atoms with E-state index in [1.54, 1.807) is 4.90 Å². The SMILES string of the molecule is CN(C)c1ccc(CN(C)[C@H]2CN(C(=O)N3CCN(S(C)(=O)=O)CC3)C[C@@H]2c2ccc(Cl)c(Cl)c2)cc1. The molecule has 202 valence electrons. The second-order valence-corrected chi connectivity index (χ2v) is 13.0. The fraction of sp³-hybridized carbons (Fsp3) is 0.500. The molecule has 0 aromatic heterocycles. The van der Waals surface area contributed by atoms with E-state index in [4.69, 9.17) is 23.2 Å². The summed E-state index contributed by atoms with van der Waals surface area (Å²) in [4.78, 5) is 21.5. The number of benzene rings is 2. The molecule has 8 nitrogen and oxygen atoms in total. The Morgan fingerprint density at radius 2 is 1.57 bits per heavy atom. The lowest BCUT2D eigenvalue weighted by molar-refractivity contribution is 0.138. The van der Waals surface area contributed by atoms with Gasteiger partial charge in [-0.05, 0) is 42.4 Å². The van der Waals surface area contributed by atoms with Gasteiger partial charge in [0.05, 0.1) is 16.3 Å². The van der Waals surface area contributed by atoms with Gasteiger partial charge in [-0.25, -0.2) is 13.2 Å². The first-order valence-corrected chi connectivity index (χ1v) is 14.9. The zero-order chi connectivity index (χ0) is 26.9. The Kier molecular flexibility index (Phi) is 8.60. The van der Waals surface area contributed by atoms with Crippen molar-refractivity contribution in [3.8, 4) is 0 Å². The summed E-state index contributed by atoms with van der Waals surface area (Å²) in [5.74, 6) is 0.0575. The fourth-order valence-corrected chi connectivity index (χ4v) is 6.31. The zero-order valence-corrected chi connectivity index (χ0v) is 24.1. The van der Waals surface area contributed by atoms with Gasteiger partial charge in [-0.3, -0.25) is 4.90 Å². The molecular weight excluding hydrogens is 533 g/mol. The third-order valence-corrected chi connectivity index (χ3v) is 9.40. The molecule has 4 rings (SSSR count). The topological polar surface area (TPSA) is 67.4 Å². The van der Waals surface area contributed by atoms with Gasteiger partial charge in [-0.15, -0.1) is 0 Å². The summed E-state index contributed by atoms with van der Waals surface area (Å²) in [5.41, 5.74) is 3.39. The Labute approximate surface area is 230 Å². The molecule has 2 atom stereocenters. The minimum Gasteiger partial charge on any atom is -0.378 e. The lowest BCUT2D eigenvalue weighted by Crippen LogP contribution is -2.53. The van der Waals surface area contributed by atoms with E-state index in [0.717, 1.165) is 17.8 Å². The van der Waals surface area contributed by atoms with Crippen molar-refractivity contribution >= 4 is 44.9 Å². The molecule has 0 radical (unpaired) electrons. The van der Waals surface area contributed by atoms with E-state index in [2.05, 4.69) is 41.1 Å². The van der Waals surface area contributed by atoms with Gasteiger partial charge in [0.25, 0.3) is 0 Å². The van der Waals surface area contributed by atoms with Gasteiger partial charge in [-0.2, -0.15) is 4.31 Å². The van der Waals surface area contributed by atoms with Crippen LogP contribution in [0.15, 0.2) is 42.5 Å². The van der Waals surface area contributed by atoms with Crippen molar-refractivity contribution in [3.05, 3.63) is 63.6 Å². The second kappa shape index (κ2) is 11.4. The van der Waals surface area contributed by atoms with Gasteiger partial charge in [0.2, 0.25) is 10.0 Å². The van der Waals surface area contributed by atoms with E-state index in [1.807, 2.05) is 37.2 Å². The lowest BCUT2D eigenvalue weighted by Gasteiger charge is -2.35. The van der Waals surface area contributed by atoms with Crippen LogP contribution in [0.5, 0.6) is 0 Å². The van der Waals surface area contributed by atoms with Gasteiger partial charge >= 0.3 is 6.03 Å². The molecule has 2 aromatic carbocycles. The highest BCUT2D eigenvalue weighted by Crippen LogP contribution is 2.35. The van der Waals surface area contributed by atoms with Crippen molar-refractivity contribution in [3.63, 3.8) is 0 Å². The van der Waals surface area contributed by atoms with E-state index in [1.165, 1.54) is 16.1 Å². The fourth-order valence-electron chi connectivity index (χ4n) is 5.18. The van der Waals surface area contributed by atoms with Gasteiger partial charge < -0.3 is 14.7 Å². The van der Waals surface area contributed by atoms with Crippen molar-refractivity contribution in [1.29, 1.82) is 0 Å².